The van der Waals surface area contributed by atoms with E-state index in [2.05, 4.69) is 0 Å². The van der Waals surface area contributed by atoms with Crippen LogP contribution < -0.4 is 0 Å². The third-order valence-electron chi connectivity index (χ3n) is 1.17. The summed E-state index contributed by atoms with van der Waals surface area (Å²) in [5, 5.41) is -0.980. The zero-order valence-corrected chi connectivity index (χ0v) is 9.39. The fraction of sp³-hybridized carbons (Fsp3) is 0.800. The van der Waals surface area contributed by atoms with E-state index in [9.17, 15) is 16.8 Å². The molecule has 0 aliphatic carbocycles. The average Bonchev–Trinajstić information content (AvgIpc) is 1.78. The molecule has 2 N–H and O–H groups in total. The van der Waals surface area contributed by atoms with Gasteiger partial charge in [0.05, 0.1) is 16.9 Å². The molecule has 0 saturated carbocycles. The lowest BCUT2D eigenvalue weighted by molar-refractivity contribution is 0.482. The molecule has 0 bridgehead atoms. The molecule has 0 saturated heterocycles. The fourth-order valence-corrected chi connectivity index (χ4v) is 2.24. The highest BCUT2D eigenvalue weighted by Gasteiger charge is 2.15. The van der Waals surface area contributed by atoms with Crippen LogP contribution in [0.3, 0.4) is 0 Å². The molecule has 0 amide bonds. The normalized spacial score (nSPS) is 15.4. The van der Waals surface area contributed by atoms with Crippen molar-refractivity contribution in [3.05, 3.63) is 6.42 Å². The van der Waals surface area contributed by atoms with Crippen molar-refractivity contribution in [2.75, 3.05) is 11.5 Å². The van der Waals surface area contributed by atoms with Gasteiger partial charge in [-0.1, -0.05) is 0 Å². The molecule has 1 atom stereocenters. The van der Waals surface area contributed by atoms with Crippen LogP contribution in [-0.2, 0) is 20.2 Å². The summed E-state index contributed by atoms with van der Waals surface area (Å²) in [5.41, 5.74) is 0. The molecule has 1 radical (unpaired) electrons. The second kappa shape index (κ2) is 5.26. The van der Waals surface area contributed by atoms with Crippen LogP contribution in [-0.4, -0.2) is 42.8 Å². The van der Waals surface area contributed by atoms with Gasteiger partial charge in [-0.2, -0.15) is 16.8 Å². The Balaban J connectivity index is 3.82. The minimum atomic E-state index is -4.16. The first-order chi connectivity index (χ1) is 6.10. The van der Waals surface area contributed by atoms with Crippen LogP contribution in [0.5, 0.6) is 0 Å². The minimum Gasteiger partial charge on any atom is -0.286 e. The molecule has 0 spiro atoms. The lowest BCUT2D eigenvalue weighted by Gasteiger charge is -2.05. The molecular weight excluding hydrogens is 256 g/mol. The summed E-state index contributed by atoms with van der Waals surface area (Å²) in [7, 11) is -8.23. The first kappa shape index (κ1) is 14.1. The maximum Gasteiger partial charge on any atom is 0.266 e. The van der Waals surface area contributed by atoms with Gasteiger partial charge in [-0.15, -0.1) is 11.6 Å². The Morgan fingerprint density at radius 3 is 2.00 bits per heavy atom. The van der Waals surface area contributed by atoms with Gasteiger partial charge in [-0.3, -0.25) is 9.11 Å². The summed E-state index contributed by atoms with van der Waals surface area (Å²) in [5.74, 6) is -1.21. The molecule has 0 rings (SSSR count). The lowest BCUT2D eigenvalue weighted by atomic mass is 10.3. The molecular formula is C5H10ClO6S2. The Morgan fingerprint density at radius 1 is 1.14 bits per heavy atom. The summed E-state index contributed by atoms with van der Waals surface area (Å²) in [4.78, 5) is 0. The molecule has 6 nitrogen and oxygen atoms in total. The summed E-state index contributed by atoms with van der Waals surface area (Å²) < 4.78 is 57.7. The van der Waals surface area contributed by atoms with Crippen LogP contribution in [0.2, 0.25) is 0 Å². The topological polar surface area (TPSA) is 109 Å². The van der Waals surface area contributed by atoms with Crippen molar-refractivity contribution in [3.8, 4) is 0 Å². The number of rotatable bonds is 6. The second-order valence-electron chi connectivity index (χ2n) is 2.57. The molecule has 0 aliphatic heterocycles. The Hall–Kier alpha value is 0.110. The summed E-state index contributed by atoms with van der Waals surface area (Å²) in [6, 6.07) is 0. The predicted octanol–water partition coefficient (Wildman–Crippen LogP) is -0.0362. The van der Waals surface area contributed by atoms with Crippen molar-refractivity contribution in [1.29, 1.82) is 0 Å². The van der Waals surface area contributed by atoms with Gasteiger partial charge < -0.3 is 0 Å². The van der Waals surface area contributed by atoms with Crippen LogP contribution >= 0.6 is 11.6 Å². The molecule has 0 aromatic carbocycles. The monoisotopic (exact) mass is 265 g/mol. The van der Waals surface area contributed by atoms with Crippen molar-refractivity contribution in [2.45, 2.75) is 11.8 Å². The highest BCUT2D eigenvalue weighted by atomic mass is 35.5. The van der Waals surface area contributed by atoms with Crippen molar-refractivity contribution in [2.24, 2.45) is 0 Å². The third-order valence-corrected chi connectivity index (χ3v) is 3.22. The van der Waals surface area contributed by atoms with Crippen LogP contribution in [0.25, 0.3) is 0 Å². The maximum absolute atomic E-state index is 10.3. The van der Waals surface area contributed by atoms with Crippen molar-refractivity contribution in [3.63, 3.8) is 0 Å². The molecule has 9 heteroatoms. The maximum atomic E-state index is 10.3. The quantitative estimate of drug-likeness (QED) is 0.515. The number of alkyl halides is 1. The number of hydrogen-bond donors (Lipinski definition) is 2. The molecule has 0 heterocycles. The molecule has 0 aromatic rings. The molecule has 0 fully saturated rings. The fourth-order valence-electron chi connectivity index (χ4n) is 0.667. The zero-order valence-electron chi connectivity index (χ0n) is 7.00. The predicted molar refractivity (Wildman–Crippen MR) is 51.4 cm³/mol. The second-order valence-corrected chi connectivity index (χ2v) is 6.20. The van der Waals surface area contributed by atoms with Gasteiger partial charge in [0.15, 0.2) is 0 Å². The van der Waals surface area contributed by atoms with E-state index in [0.717, 1.165) is 0 Å². The Morgan fingerprint density at radius 2 is 1.64 bits per heavy atom. The summed E-state index contributed by atoms with van der Waals surface area (Å²) >= 11 is 5.42. The van der Waals surface area contributed by atoms with Crippen molar-refractivity contribution in [1.82, 2.24) is 0 Å². The van der Waals surface area contributed by atoms with Gasteiger partial charge in [0.25, 0.3) is 20.2 Å². The van der Waals surface area contributed by atoms with E-state index in [0.29, 0.717) is 0 Å². The van der Waals surface area contributed by atoms with Crippen molar-refractivity contribution >= 4 is 31.8 Å². The standard InChI is InChI=1S/C5H10ClO6S2/c6-5(4-14(10,11)12)2-1-3-13(7,8)9/h2,5H,1,3-4H2,(H,7,8,9)(H,10,11,12). The average molecular weight is 266 g/mol. The Bertz CT molecular complexity index is 358. The first-order valence-corrected chi connectivity index (χ1v) is 7.13. The highest BCUT2D eigenvalue weighted by molar-refractivity contribution is 7.86. The van der Waals surface area contributed by atoms with Gasteiger partial charge >= 0.3 is 0 Å². The van der Waals surface area contributed by atoms with E-state index in [1.807, 2.05) is 0 Å². The third kappa shape index (κ3) is 10.2. The zero-order chi connectivity index (χ0) is 11.4. The van der Waals surface area contributed by atoms with E-state index in [1.165, 1.54) is 6.42 Å². The van der Waals surface area contributed by atoms with Gasteiger partial charge in [0.2, 0.25) is 0 Å². The number of halogens is 1. The molecule has 1 unspecified atom stereocenters. The van der Waals surface area contributed by atoms with Gasteiger partial charge in [-0.25, -0.2) is 0 Å². The molecule has 0 aliphatic rings. The van der Waals surface area contributed by atoms with E-state index in [-0.39, 0.29) is 6.42 Å². The van der Waals surface area contributed by atoms with E-state index in [1.54, 1.807) is 0 Å². The lowest BCUT2D eigenvalue weighted by Crippen LogP contribution is -2.17. The SMILES string of the molecule is O=S(=O)(O)CC[CH]C(Cl)CS(=O)(=O)O. The summed E-state index contributed by atoms with van der Waals surface area (Å²) in [6.07, 6.45) is 1.10. The van der Waals surface area contributed by atoms with E-state index < -0.39 is 37.1 Å². The van der Waals surface area contributed by atoms with E-state index in [4.69, 9.17) is 20.7 Å². The Kier molecular flexibility index (Phi) is 5.31. The largest absolute Gasteiger partial charge is 0.286 e. The molecule has 0 aromatic heterocycles. The minimum absolute atomic E-state index is 0.0808. The van der Waals surface area contributed by atoms with Crippen molar-refractivity contribution < 1.29 is 25.9 Å². The smallest absolute Gasteiger partial charge is 0.266 e. The first-order valence-electron chi connectivity index (χ1n) is 3.48. The Labute approximate surface area is 87.8 Å². The molecule has 14 heavy (non-hydrogen) atoms. The number of hydrogen-bond acceptors (Lipinski definition) is 4. The van der Waals surface area contributed by atoms with Gasteiger partial charge in [0.1, 0.15) is 0 Å². The van der Waals surface area contributed by atoms with E-state index >= 15 is 0 Å². The molecule has 85 valence electrons. The van der Waals surface area contributed by atoms with Crippen LogP contribution in [0.1, 0.15) is 6.42 Å². The van der Waals surface area contributed by atoms with Crippen LogP contribution in [0, 0.1) is 6.42 Å². The van der Waals surface area contributed by atoms with Crippen LogP contribution in [0.15, 0.2) is 0 Å². The van der Waals surface area contributed by atoms with Crippen LogP contribution in [0.4, 0.5) is 0 Å². The highest BCUT2D eigenvalue weighted by Crippen LogP contribution is 2.07. The van der Waals surface area contributed by atoms with Gasteiger partial charge in [-0.05, 0) is 12.8 Å². The summed E-state index contributed by atoms with van der Waals surface area (Å²) in [6.45, 7) is 0. The van der Waals surface area contributed by atoms with Gasteiger partial charge in [0, 0.05) is 0 Å².